The Bertz CT molecular complexity index is 876. The summed E-state index contributed by atoms with van der Waals surface area (Å²) in [5, 5.41) is 2.83. The number of aromatic nitrogens is 1. The van der Waals surface area contributed by atoms with Crippen LogP contribution >= 0.6 is 11.8 Å². The van der Waals surface area contributed by atoms with Crippen molar-refractivity contribution in [2.45, 2.75) is 25.0 Å². The number of rotatable bonds is 8. The van der Waals surface area contributed by atoms with Crippen LogP contribution in [0.3, 0.4) is 0 Å². The van der Waals surface area contributed by atoms with Gasteiger partial charge in [0.1, 0.15) is 18.1 Å². The average molecular weight is 382 g/mol. The maximum absolute atomic E-state index is 11.9. The molecule has 1 N–H and O–H groups in total. The molecule has 0 radical (unpaired) electrons. The van der Waals surface area contributed by atoms with Crippen LogP contribution in [0.15, 0.2) is 63.9 Å². The average Bonchev–Trinajstić information content (AvgIpc) is 3.08. The fourth-order valence-corrected chi connectivity index (χ4v) is 2.92. The van der Waals surface area contributed by atoms with E-state index in [0.717, 1.165) is 11.1 Å². The van der Waals surface area contributed by atoms with Gasteiger partial charge < -0.3 is 14.5 Å². The summed E-state index contributed by atoms with van der Waals surface area (Å²) < 4.78 is 11.2. The van der Waals surface area contributed by atoms with Gasteiger partial charge >= 0.3 is 0 Å². The molecule has 2 aromatic carbocycles. The maximum atomic E-state index is 11.9. The molecule has 0 aliphatic carbocycles. The Hall–Kier alpha value is -2.57. The second kappa shape index (κ2) is 9.39. The zero-order valence-electron chi connectivity index (χ0n) is 15.4. The lowest BCUT2D eigenvalue weighted by Gasteiger charge is -2.05. The van der Waals surface area contributed by atoms with Gasteiger partial charge in [0.05, 0.1) is 6.61 Å². The van der Waals surface area contributed by atoms with Gasteiger partial charge in [-0.25, -0.2) is 4.98 Å². The summed E-state index contributed by atoms with van der Waals surface area (Å²) in [6, 6.07) is 17.8. The van der Waals surface area contributed by atoms with E-state index in [1.165, 1.54) is 4.90 Å². The number of carbonyl (C=O) groups is 1. The predicted molar refractivity (Wildman–Crippen MR) is 106 cm³/mol. The number of nitrogens with zero attached hydrogens (tertiary/aromatic N) is 1. The minimum absolute atomic E-state index is 0.0170. The largest absolute Gasteiger partial charge is 0.441 e. The number of nitrogens with one attached hydrogen (secondary N) is 1. The SMILES string of the molecule is CSc1ccc(-c2nc(COCC(=O)NCc3ccccc3)c(C)o2)cc1. The Balaban J connectivity index is 1.49. The topological polar surface area (TPSA) is 64.4 Å². The first-order valence-corrected chi connectivity index (χ1v) is 9.87. The van der Waals surface area contributed by atoms with E-state index in [0.29, 0.717) is 23.9 Å². The molecule has 140 valence electrons. The van der Waals surface area contributed by atoms with Crippen LogP contribution in [0.2, 0.25) is 0 Å². The van der Waals surface area contributed by atoms with Gasteiger partial charge in [-0.15, -0.1) is 11.8 Å². The van der Waals surface area contributed by atoms with Crippen LogP contribution in [0.5, 0.6) is 0 Å². The Labute approximate surface area is 163 Å². The normalized spacial score (nSPS) is 10.7. The molecule has 0 saturated carbocycles. The summed E-state index contributed by atoms with van der Waals surface area (Å²) in [6.45, 7) is 2.55. The van der Waals surface area contributed by atoms with E-state index in [1.54, 1.807) is 11.8 Å². The summed E-state index contributed by atoms with van der Waals surface area (Å²) in [6.07, 6.45) is 2.04. The maximum Gasteiger partial charge on any atom is 0.246 e. The summed E-state index contributed by atoms with van der Waals surface area (Å²) in [7, 11) is 0. The van der Waals surface area contributed by atoms with Gasteiger partial charge in [-0.3, -0.25) is 4.79 Å². The molecule has 0 spiro atoms. The third-order valence-corrected chi connectivity index (χ3v) is 4.78. The number of hydrogen-bond acceptors (Lipinski definition) is 5. The molecule has 27 heavy (non-hydrogen) atoms. The number of aryl methyl sites for hydroxylation is 1. The first-order chi connectivity index (χ1) is 13.2. The first kappa shape index (κ1) is 19.2. The second-order valence-corrected chi connectivity index (χ2v) is 6.89. The number of carbonyl (C=O) groups excluding carboxylic acids is 1. The standard InChI is InChI=1S/C21H22N2O3S/c1-15-19(23-21(26-15)17-8-10-18(27-2)11-9-17)13-25-14-20(24)22-12-16-6-4-3-5-7-16/h3-11H,12-14H2,1-2H3,(H,22,24). The van der Waals surface area contributed by atoms with Crippen LogP contribution < -0.4 is 5.32 Å². The summed E-state index contributed by atoms with van der Waals surface area (Å²) in [4.78, 5) is 17.6. The lowest BCUT2D eigenvalue weighted by atomic mass is 10.2. The molecule has 0 unspecified atom stereocenters. The van der Waals surface area contributed by atoms with E-state index >= 15 is 0 Å². The molecule has 1 amide bonds. The molecular weight excluding hydrogens is 360 g/mol. The highest BCUT2D eigenvalue weighted by atomic mass is 32.2. The molecule has 0 fully saturated rings. The fourth-order valence-electron chi connectivity index (χ4n) is 2.51. The number of hydrogen-bond donors (Lipinski definition) is 1. The molecule has 1 aromatic heterocycles. The van der Waals surface area contributed by atoms with E-state index in [-0.39, 0.29) is 19.1 Å². The van der Waals surface area contributed by atoms with Crippen LogP contribution in [0.1, 0.15) is 17.0 Å². The van der Waals surface area contributed by atoms with Crippen LogP contribution in [0.4, 0.5) is 0 Å². The van der Waals surface area contributed by atoms with E-state index in [1.807, 2.05) is 67.8 Å². The molecule has 3 aromatic rings. The summed E-state index contributed by atoms with van der Waals surface area (Å²) in [5.41, 5.74) is 2.67. The van der Waals surface area contributed by atoms with Gasteiger partial charge in [0.25, 0.3) is 0 Å². The number of ether oxygens (including phenoxy) is 1. The minimum Gasteiger partial charge on any atom is -0.441 e. The Morgan fingerprint density at radius 3 is 2.59 bits per heavy atom. The zero-order chi connectivity index (χ0) is 19.1. The van der Waals surface area contributed by atoms with Crippen molar-refractivity contribution in [3.63, 3.8) is 0 Å². The van der Waals surface area contributed by atoms with Crippen LogP contribution in [-0.2, 0) is 22.7 Å². The highest BCUT2D eigenvalue weighted by Gasteiger charge is 2.12. The first-order valence-electron chi connectivity index (χ1n) is 8.65. The lowest BCUT2D eigenvalue weighted by molar-refractivity contribution is -0.126. The van der Waals surface area contributed by atoms with Gasteiger partial charge in [-0.2, -0.15) is 0 Å². The number of thioether (sulfide) groups is 1. The highest BCUT2D eigenvalue weighted by molar-refractivity contribution is 7.98. The van der Waals surface area contributed by atoms with E-state index in [9.17, 15) is 4.79 Å². The minimum atomic E-state index is -0.159. The van der Waals surface area contributed by atoms with Crippen molar-refractivity contribution in [2.75, 3.05) is 12.9 Å². The van der Waals surface area contributed by atoms with Crippen molar-refractivity contribution in [1.29, 1.82) is 0 Å². The number of amides is 1. The lowest BCUT2D eigenvalue weighted by Crippen LogP contribution is -2.27. The van der Waals surface area contributed by atoms with E-state index in [2.05, 4.69) is 10.3 Å². The monoisotopic (exact) mass is 382 g/mol. The third-order valence-electron chi connectivity index (χ3n) is 4.03. The fraction of sp³-hybridized carbons (Fsp3) is 0.238. The third kappa shape index (κ3) is 5.45. The second-order valence-electron chi connectivity index (χ2n) is 6.01. The Morgan fingerprint density at radius 1 is 1.15 bits per heavy atom. The quantitative estimate of drug-likeness (QED) is 0.592. The van der Waals surface area contributed by atoms with E-state index in [4.69, 9.17) is 9.15 Å². The molecule has 0 aliphatic heterocycles. The smallest absolute Gasteiger partial charge is 0.246 e. The molecule has 5 nitrogen and oxygen atoms in total. The zero-order valence-corrected chi connectivity index (χ0v) is 16.2. The highest BCUT2D eigenvalue weighted by Crippen LogP contribution is 2.24. The van der Waals surface area contributed by atoms with Gasteiger partial charge in [0.2, 0.25) is 11.8 Å². The molecule has 1 heterocycles. The van der Waals surface area contributed by atoms with Gasteiger partial charge in [0, 0.05) is 17.0 Å². The summed E-state index contributed by atoms with van der Waals surface area (Å²) in [5.74, 6) is 1.10. The van der Waals surface area contributed by atoms with Crippen molar-refractivity contribution >= 4 is 17.7 Å². The summed E-state index contributed by atoms with van der Waals surface area (Å²) >= 11 is 1.69. The molecule has 0 saturated heterocycles. The van der Waals surface area contributed by atoms with Gasteiger partial charge in [-0.1, -0.05) is 30.3 Å². The molecule has 0 aliphatic rings. The van der Waals surface area contributed by atoms with Crippen molar-refractivity contribution in [3.8, 4) is 11.5 Å². The van der Waals surface area contributed by atoms with Crippen molar-refractivity contribution in [1.82, 2.24) is 10.3 Å². The molecule has 0 bridgehead atoms. The predicted octanol–water partition coefficient (Wildman–Crippen LogP) is 4.20. The van der Waals surface area contributed by atoms with Crippen molar-refractivity contribution in [3.05, 3.63) is 71.6 Å². The Kier molecular flexibility index (Phi) is 6.68. The van der Waals surface area contributed by atoms with Crippen molar-refractivity contribution in [2.24, 2.45) is 0 Å². The Morgan fingerprint density at radius 2 is 1.89 bits per heavy atom. The van der Waals surface area contributed by atoms with Crippen molar-refractivity contribution < 1.29 is 13.9 Å². The van der Waals surface area contributed by atoms with Gasteiger partial charge in [-0.05, 0) is 43.0 Å². The molecule has 3 rings (SSSR count). The van der Waals surface area contributed by atoms with E-state index < -0.39 is 0 Å². The molecule has 0 atom stereocenters. The molecule has 6 heteroatoms. The van der Waals surface area contributed by atoms with Gasteiger partial charge in [0.15, 0.2) is 0 Å². The van der Waals surface area contributed by atoms with Crippen LogP contribution in [-0.4, -0.2) is 23.8 Å². The van der Waals surface area contributed by atoms with Crippen LogP contribution in [0.25, 0.3) is 11.5 Å². The van der Waals surface area contributed by atoms with Crippen LogP contribution in [0, 0.1) is 6.92 Å². The number of oxazole rings is 1. The molecular formula is C21H22N2O3S. The number of benzene rings is 2.